The number of para-hydroxylation sites is 2. The van der Waals surface area contributed by atoms with Crippen molar-refractivity contribution in [2.45, 2.75) is 0 Å². The molecule has 0 N–H and O–H groups in total. The smallest absolute Gasteiger partial charge is 0.0548 e. The maximum Gasteiger partial charge on any atom is 0.0548 e. The van der Waals surface area contributed by atoms with Crippen molar-refractivity contribution in [1.82, 2.24) is 9.13 Å². The molecule has 0 amide bonds. The zero-order chi connectivity index (χ0) is 34.2. The normalized spacial score (nSPS) is 11.8. The number of nitrogens with zero attached hydrogens (tertiary/aromatic N) is 2. The maximum atomic E-state index is 2.43. The summed E-state index contributed by atoms with van der Waals surface area (Å²) in [6, 6.07) is 71.1. The molecule has 0 radical (unpaired) electrons. The summed E-state index contributed by atoms with van der Waals surface area (Å²) >= 11 is 0. The SMILES string of the molecule is c1ccc2cc(-c3ccc(-n4c5ccccc5c5cc6c(cc54)c4ccccc4n6-c4ccc(-c5ccc6ccccc6c5)cc4)cc3)ccc2c1. The largest absolute Gasteiger partial charge is 0.309 e. The van der Waals surface area contributed by atoms with Crippen LogP contribution in [0.15, 0.2) is 194 Å². The quantitative estimate of drug-likeness (QED) is 0.178. The van der Waals surface area contributed by atoms with E-state index in [0.717, 1.165) is 11.4 Å². The molecule has 2 aromatic heterocycles. The van der Waals surface area contributed by atoms with E-state index in [2.05, 4.69) is 203 Å². The van der Waals surface area contributed by atoms with Crippen LogP contribution in [0.5, 0.6) is 0 Å². The Labute approximate surface area is 301 Å². The van der Waals surface area contributed by atoms with Crippen LogP contribution in [0.1, 0.15) is 0 Å². The first-order chi connectivity index (χ1) is 25.8. The molecule has 0 unspecified atom stereocenters. The Balaban J connectivity index is 1.07. The number of benzene rings is 9. The summed E-state index contributed by atoms with van der Waals surface area (Å²) in [5, 5.41) is 10.0. The second-order valence-corrected chi connectivity index (χ2v) is 13.8. The number of hydrogen-bond donors (Lipinski definition) is 0. The minimum atomic E-state index is 1.16. The first-order valence-corrected chi connectivity index (χ1v) is 17.9. The lowest BCUT2D eigenvalue weighted by Crippen LogP contribution is -1.95. The molecular formula is C50H32N2. The van der Waals surface area contributed by atoms with E-state index in [0.29, 0.717) is 0 Å². The van der Waals surface area contributed by atoms with Crippen molar-refractivity contribution in [3.8, 4) is 33.6 Å². The molecule has 0 aliphatic carbocycles. The lowest BCUT2D eigenvalue weighted by Gasteiger charge is -2.11. The molecule has 11 rings (SSSR count). The topological polar surface area (TPSA) is 9.86 Å². The second kappa shape index (κ2) is 11.3. The first kappa shape index (κ1) is 28.9. The summed E-state index contributed by atoms with van der Waals surface area (Å²) in [5.41, 5.74) is 12.0. The fourth-order valence-corrected chi connectivity index (χ4v) is 8.33. The fourth-order valence-electron chi connectivity index (χ4n) is 8.33. The Bertz CT molecular complexity index is 2940. The molecule has 9 aromatic carbocycles. The molecule has 0 aliphatic heterocycles. The van der Waals surface area contributed by atoms with Gasteiger partial charge in [-0.25, -0.2) is 0 Å². The lowest BCUT2D eigenvalue weighted by atomic mass is 10.0. The summed E-state index contributed by atoms with van der Waals surface area (Å²) in [7, 11) is 0. The van der Waals surface area contributed by atoms with Crippen molar-refractivity contribution >= 4 is 65.2 Å². The van der Waals surface area contributed by atoms with Crippen LogP contribution in [0.2, 0.25) is 0 Å². The fraction of sp³-hybridized carbons (Fsp3) is 0. The van der Waals surface area contributed by atoms with Crippen LogP contribution < -0.4 is 0 Å². The predicted octanol–water partition coefficient (Wildman–Crippen LogP) is 13.5. The van der Waals surface area contributed by atoms with Gasteiger partial charge in [-0.2, -0.15) is 0 Å². The van der Waals surface area contributed by atoms with Crippen molar-refractivity contribution in [2.75, 3.05) is 0 Å². The molecule has 0 bridgehead atoms. The van der Waals surface area contributed by atoms with Crippen LogP contribution in [0.4, 0.5) is 0 Å². The van der Waals surface area contributed by atoms with E-state index < -0.39 is 0 Å². The van der Waals surface area contributed by atoms with Crippen LogP contribution >= 0.6 is 0 Å². The minimum Gasteiger partial charge on any atom is -0.309 e. The average Bonchev–Trinajstić information content (AvgIpc) is 3.71. The summed E-state index contributed by atoms with van der Waals surface area (Å²) < 4.78 is 4.86. The number of aromatic nitrogens is 2. The molecule has 0 atom stereocenters. The van der Waals surface area contributed by atoms with E-state index in [-0.39, 0.29) is 0 Å². The summed E-state index contributed by atoms with van der Waals surface area (Å²) in [4.78, 5) is 0. The van der Waals surface area contributed by atoms with Gasteiger partial charge in [-0.1, -0.05) is 133 Å². The van der Waals surface area contributed by atoms with Crippen LogP contribution in [0.25, 0.3) is 98.8 Å². The standard InChI is InChI=1S/C50H32N2/c1-3-11-37-29-39(19-17-33(37)9-1)35-21-25-41(26-22-35)51-47-15-7-5-13-43(47)45-32-50-46(31-49(45)51)44-14-6-8-16-48(44)52(50)42-27-23-36(24-28-42)40-20-18-34-10-2-4-12-38(34)30-40/h1-32H. The summed E-state index contributed by atoms with van der Waals surface area (Å²) in [5.74, 6) is 0. The molecule has 0 spiro atoms. The Hall–Kier alpha value is -6.90. The van der Waals surface area contributed by atoms with Gasteiger partial charge >= 0.3 is 0 Å². The molecule has 2 nitrogen and oxygen atoms in total. The summed E-state index contributed by atoms with van der Waals surface area (Å²) in [6.45, 7) is 0. The zero-order valence-corrected chi connectivity index (χ0v) is 28.4. The third-order valence-corrected chi connectivity index (χ3v) is 10.9. The van der Waals surface area contributed by atoms with Crippen LogP contribution in [0.3, 0.4) is 0 Å². The van der Waals surface area contributed by atoms with Crippen molar-refractivity contribution in [3.05, 3.63) is 194 Å². The van der Waals surface area contributed by atoms with Gasteiger partial charge in [0.25, 0.3) is 0 Å². The lowest BCUT2D eigenvalue weighted by molar-refractivity contribution is 1.17. The van der Waals surface area contributed by atoms with Gasteiger partial charge in [0.1, 0.15) is 0 Å². The van der Waals surface area contributed by atoms with Crippen molar-refractivity contribution in [3.63, 3.8) is 0 Å². The molecule has 0 aliphatic rings. The van der Waals surface area contributed by atoms with E-state index in [1.807, 2.05) is 0 Å². The maximum absolute atomic E-state index is 2.43. The Morgan fingerprint density at radius 2 is 0.596 bits per heavy atom. The molecule has 0 saturated carbocycles. The van der Waals surface area contributed by atoms with Crippen LogP contribution in [-0.2, 0) is 0 Å². The molecule has 242 valence electrons. The first-order valence-electron chi connectivity index (χ1n) is 17.9. The summed E-state index contributed by atoms with van der Waals surface area (Å²) in [6.07, 6.45) is 0. The predicted molar refractivity (Wildman–Crippen MR) is 221 cm³/mol. The Morgan fingerprint density at radius 3 is 1.04 bits per heavy atom. The molecular weight excluding hydrogens is 629 g/mol. The minimum absolute atomic E-state index is 1.16. The molecule has 0 fully saturated rings. The van der Waals surface area contributed by atoms with Gasteiger partial charge in [0, 0.05) is 32.9 Å². The van der Waals surface area contributed by atoms with Crippen LogP contribution in [-0.4, -0.2) is 9.13 Å². The highest BCUT2D eigenvalue weighted by Gasteiger charge is 2.18. The zero-order valence-electron chi connectivity index (χ0n) is 28.4. The third kappa shape index (κ3) is 4.44. The van der Waals surface area contributed by atoms with Gasteiger partial charge in [-0.3, -0.25) is 0 Å². The van der Waals surface area contributed by atoms with Gasteiger partial charge in [0.2, 0.25) is 0 Å². The number of fused-ring (bicyclic) bond motifs is 8. The number of hydrogen-bond acceptors (Lipinski definition) is 0. The van der Waals surface area contributed by atoms with E-state index in [1.165, 1.54) is 87.4 Å². The Morgan fingerprint density at radius 1 is 0.231 bits per heavy atom. The highest BCUT2D eigenvalue weighted by atomic mass is 15.0. The monoisotopic (exact) mass is 660 g/mol. The van der Waals surface area contributed by atoms with E-state index in [1.54, 1.807) is 0 Å². The van der Waals surface area contributed by atoms with E-state index in [4.69, 9.17) is 0 Å². The molecule has 52 heavy (non-hydrogen) atoms. The van der Waals surface area contributed by atoms with Crippen molar-refractivity contribution < 1.29 is 0 Å². The molecule has 11 aromatic rings. The highest BCUT2D eigenvalue weighted by Crippen LogP contribution is 2.40. The van der Waals surface area contributed by atoms with Crippen molar-refractivity contribution in [1.29, 1.82) is 0 Å². The second-order valence-electron chi connectivity index (χ2n) is 13.8. The van der Waals surface area contributed by atoms with Crippen molar-refractivity contribution in [2.24, 2.45) is 0 Å². The van der Waals surface area contributed by atoms with Gasteiger partial charge in [-0.15, -0.1) is 0 Å². The van der Waals surface area contributed by atoms with Gasteiger partial charge in [0.15, 0.2) is 0 Å². The number of rotatable bonds is 4. The average molecular weight is 661 g/mol. The Kier molecular flexibility index (Phi) is 6.28. The third-order valence-electron chi connectivity index (χ3n) is 10.9. The van der Waals surface area contributed by atoms with Gasteiger partial charge in [0.05, 0.1) is 22.1 Å². The van der Waals surface area contributed by atoms with E-state index in [9.17, 15) is 0 Å². The molecule has 2 heterocycles. The highest BCUT2D eigenvalue weighted by molar-refractivity contribution is 6.19. The van der Waals surface area contributed by atoms with Gasteiger partial charge < -0.3 is 9.13 Å². The molecule has 0 saturated heterocycles. The van der Waals surface area contributed by atoms with Gasteiger partial charge in [-0.05, 0) is 104 Å². The van der Waals surface area contributed by atoms with Crippen LogP contribution in [0, 0.1) is 0 Å². The molecule has 2 heteroatoms. The van der Waals surface area contributed by atoms with E-state index >= 15 is 0 Å².